The Morgan fingerprint density at radius 2 is 2.03 bits per heavy atom. The summed E-state index contributed by atoms with van der Waals surface area (Å²) in [4.78, 5) is 32.4. The lowest BCUT2D eigenvalue weighted by Gasteiger charge is -2.17. The van der Waals surface area contributed by atoms with Crippen LogP contribution in [-0.4, -0.2) is 46.9 Å². The maximum absolute atomic E-state index is 12.6. The number of carbonyl (C=O) groups is 1. The maximum Gasteiger partial charge on any atom is 0.251 e. The van der Waals surface area contributed by atoms with Gasteiger partial charge in [0.05, 0.1) is 35.6 Å². The molecule has 0 radical (unpaired) electrons. The number of nitrogens with zero attached hydrogens (tertiary/aromatic N) is 3. The molecular formula is C21H26N6O4S. The van der Waals surface area contributed by atoms with Crippen LogP contribution in [-0.2, 0) is 28.4 Å². The van der Waals surface area contributed by atoms with Gasteiger partial charge >= 0.3 is 0 Å². The number of pyridine rings is 2. The van der Waals surface area contributed by atoms with Crippen molar-refractivity contribution < 1.29 is 13.2 Å². The van der Waals surface area contributed by atoms with Crippen molar-refractivity contribution in [1.29, 1.82) is 0 Å². The highest BCUT2D eigenvalue weighted by atomic mass is 32.2. The molecule has 10 nitrogen and oxygen atoms in total. The third kappa shape index (κ3) is 4.30. The molecule has 1 fully saturated rings. The largest absolute Gasteiger partial charge is 0.366 e. The SMILES string of the molecule is Cc1cc(C)c(CC2(c3cc(C(N)=O)c4cnn(CCNS(C)(=O)=O)c4n3)CC2)c(=O)[nH]1. The molecule has 0 atom stereocenters. The molecule has 0 spiro atoms. The van der Waals surface area contributed by atoms with Gasteiger partial charge in [-0.05, 0) is 50.8 Å². The fourth-order valence-corrected chi connectivity index (χ4v) is 4.60. The lowest BCUT2D eigenvalue weighted by Crippen LogP contribution is -2.26. The molecule has 3 heterocycles. The molecule has 4 N–H and O–H groups in total. The summed E-state index contributed by atoms with van der Waals surface area (Å²) in [6, 6.07) is 3.65. The van der Waals surface area contributed by atoms with Crippen molar-refractivity contribution in [2.24, 2.45) is 5.73 Å². The first-order valence-corrected chi connectivity index (χ1v) is 12.2. The molecule has 32 heavy (non-hydrogen) atoms. The van der Waals surface area contributed by atoms with E-state index in [9.17, 15) is 18.0 Å². The summed E-state index contributed by atoms with van der Waals surface area (Å²) in [5.74, 6) is -0.590. The van der Waals surface area contributed by atoms with Crippen LogP contribution in [0.4, 0.5) is 0 Å². The molecule has 0 unspecified atom stereocenters. The lowest BCUT2D eigenvalue weighted by atomic mass is 9.90. The van der Waals surface area contributed by atoms with Gasteiger partial charge in [-0.2, -0.15) is 5.10 Å². The van der Waals surface area contributed by atoms with Crippen LogP contribution >= 0.6 is 0 Å². The van der Waals surface area contributed by atoms with Crippen molar-refractivity contribution in [3.63, 3.8) is 0 Å². The van der Waals surface area contributed by atoms with Crippen molar-refractivity contribution in [1.82, 2.24) is 24.5 Å². The molecule has 3 aromatic heterocycles. The molecule has 11 heteroatoms. The summed E-state index contributed by atoms with van der Waals surface area (Å²) in [5, 5.41) is 4.79. The van der Waals surface area contributed by atoms with Gasteiger partial charge in [0.1, 0.15) is 0 Å². The number of nitrogens with two attached hydrogens (primary N) is 1. The van der Waals surface area contributed by atoms with Crippen LogP contribution in [0.1, 0.15) is 45.7 Å². The topological polar surface area (TPSA) is 153 Å². The summed E-state index contributed by atoms with van der Waals surface area (Å²) in [5.41, 5.74) is 9.09. The molecular weight excluding hydrogens is 432 g/mol. The summed E-state index contributed by atoms with van der Waals surface area (Å²) in [6.45, 7) is 4.15. The second-order valence-corrected chi connectivity index (χ2v) is 10.4. The number of amides is 1. The Bertz CT molecular complexity index is 1390. The van der Waals surface area contributed by atoms with Crippen LogP contribution in [0.2, 0.25) is 0 Å². The number of aromatic nitrogens is 4. The molecule has 0 saturated heterocycles. The number of fused-ring (bicyclic) bond motifs is 1. The van der Waals surface area contributed by atoms with E-state index in [4.69, 9.17) is 10.7 Å². The van der Waals surface area contributed by atoms with E-state index < -0.39 is 15.9 Å². The van der Waals surface area contributed by atoms with Crippen LogP contribution in [0, 0.1) is 13.8 Å². The van der Waals surface area contributed by atoms with E-state index in [0.717, 1.165) is 30.4 Å². The van der Waals surface area contributed by atoms with E-state index in [1.54, 1.807) is 10.7 Å². The van der Waals surface area contributed by atoms with Gasteiger partial charge < -0.3 is 10.7 Å². The fraction of sp³-hybridized carbons (Fsp3) is 0.429. The predicted octanol–water partition coefficient (Wildman–Crippen LogP) is 0.659. The average Bonchev–Trinajstić information content (AvgIpc) is 3.36. The van der Waals surface area contributed by atoms with Gasteiger partial charge in [-0.1, -0.05) is 0 Å². The Balaban J connectivity index is 1.75. The van der Waals surface area contributed by atoms with E-state index in [-0.39, 0.29) is 24.1 Å². The van der Waals surface area contributed by atoms with Crippen LogP contribution in [0.25, 0.3) is 11.0 Å². The number of carbonyl (C=O) groups excluding carboxylic acids is 1. The number of hydrogen-bond donors (Lipinski definition) is 3. The van der Waals surface area contributed by atoms with Crippen molar-refractivity contribution in [2.45, 2.75) is 45.1 Å². The highest BCUT2D eigenvalue weighted by molar-refractivity contribution is 7.88. The fourth-order valence-electron chi connectivity index (χ4n) is 4.14. The Morgan fingerprint density at radius 3 is 2.62 bits per heavy atom. The lowest BCUT2D eigenvalue weighted by molar-refractivity contribution is 0.100. The maximum atomic E-state index is 12.6. The van der Waals surface area contributed by atoms with Gasteiger partial charge in [-0.3, -0.25) is 9.59 Å². The molecule has 0 aromatic carbocycles. The van der Waals surface area contributed by atoms with Gasteiger partial charge in [0.15, 0.2) is 5.65 Å². The van der Waals surface area contributed by atoms with E-state index in [1.807, 2.05) is 19.9 Å². The predicted molar refractivity (Wildman–Crippen MR) is 120 cm³/mol. The first kappa shape index (κ1) is 22.2. The van der Waals surface area contributed by atoms with Crippen molar-refractivity contribution >= 4 is 27.0 Å². The summed E-state index contributed by atoms with van der Waals surface area (Å²) in [6.07, 6.45) is 4.78. The smallest absolute Gasteiger partial charge is 0.251 e. The highest BCUT2D eigenvalue weighted by Gasteiger charge is 2.47. The molecule has 3 aromatic rings. The quantitative estimate of drug-likeness (QED) is 0.451. The Hall–Kier alpha value is -3.05. The molecule has 170 valence electrons. The number of H-pyrrole nitrogens is 1. The summed E-state index contributed by atoms with van der Waals surface area (Å²) >= 11 is 0. The highest BCUT2D eigenvalue weighted by Crippen LogP contribution is 2.50. The first-order chi connectivity index (χ1) is 15.0. The number of nitrogens with one attached hydrogen (secondary N) is 2. The minimum absolute atomic E-state index is 0.109. The van der Waals surface area contributed by atoms with Gasteiger partial charge in [0, 0.05) is 23.2 Å². The number of rotatable bonds is 8. The molecule has 0 bridgehead atoms. The number of hydrogen-bond acceptors (Lipinski definition) is 6. The van der Waals surface area contributed by atoms with Crippen molar-refractivity contribution in [3.05, 3.63) is 56.8 Å². The molecule has 0 aliphatic heterocycles. The minimum atomic E-state index is -3.34. The molecule has 4 rings (SSSR count). The number of sulfonamides is 1. The van der Waals surface area contributed by atoms with Crippen LogP contribution in [0.5, 0.6) is 0 Å². The third-order valence-electron chi connectivity index (χ3n) is 5.97. The van der Waals surface area contributed by atoms with Crippen molar-refractivity contribution in [3.8, 4) is 0 Å². The molecule has 1 aliphatic carbocycles. The average molecular weight is 459 g/mol. The number of aromatic amines is 1. The molecule has 1 amide bonds. The zero-order chi connectivity index (χ0) is 23.3. The van der Waals surface area contributed by atoms with Gasteiger partial charge in [-0.25, -0.2) is 22.8 Å². The molecule has 1 aliphatic rings. The van der Waals surface area contributed by atoms with Gasteiger partial charge in [-0.15, -0.1) is 0 Å². The van der Waals surface area contributed by atoms with Crippen LogP contribution in [0.15, 0.2) is 23.1 Å². The second kappa shape index (κ2) is 7.82. The zero-order valence-electron chi connectivity index (χ0n) is 18.2. The Labute approximate surface area is 185 Å². The Morgan fingerprint density at radius 1 is 1.31 bits per heavy atom. The van der Waals surface area contributed by atoms with E-state index in [0.29, 0.717) is 34.3 Å². The monoisotopic (exact) mass is 458 g/mol. The standard InChI is InChI=1S/C21H26N6O4S/c1-12-8-13(2)25-20(29)15(12)10-21(4-5-21)17-9-14(18(22)28)16-11-23-27(19(16)26-17)7-6-24-32(3,30)31/h8-9,11,24H,4-7,10H2,1-3H3,(H2,22,28)(H,25,29). The number of primary amides is 1. The van der Waals surface area contributed by atoms with E-state index >= 15 is 0 Å². The summed E-state index contributed by atoms with van der Waals surface area (Å²) in [7, 11) is -3.34. The zero-order valence-corrected chi connectivity index (χ0v) is 19.0. The van der Waals surface area contributed by atoms with Crippen LogP contribution < -0.4 is 16.0 Å². The van der Waals surface area contributed by atoms with Gasteiger partial charge in [0.2, 0.25) is 15.9 Å². The summed E-state index contributed by atoms with van der Waals surface area (Å²) < 4.78 is 26.7. The van der Waals surface area contributed by atoms with Crippen LogP contribution in [0.3, 0.4) is 0 Å². The first-order valence-electron chi connectivity index (χ1n) is 10.3. The minimum Gasteiger partial charge on any atom is -0.366 e. The van der Waals surface area contributed by atoms with Gasteiger partial charge in [0.25, 0.3) is 5.56 Å². The second-order valence-electron chi connectivity index (χ2n) is 8.59. The third-order valence-corrected chi connectivity index (χ3v) is 6.70. The molecule has 1 saturated carbocycles. The van der Waals surface area contributed by atoms with Crippen molar-refractivity contribution in [2.75, 3.05) is 12.8 Å². The van der Waals surface area contributed by atoms with E-state index in [1.165, 1.54) is 6.20 Å². The normalized spacial score (nSPS) is 15.2. The number of aryl methyl sites for hydroxylation is 2. The Kier molecular flexibility index (Phi) is 5.41. The van der Waals surface area contributed by atoms with E-state index in [2.05, 4.69) is 14.8 Å².